The fraction of sp³-hybridized carbons (Fsp3) is 0.476. The molecule has 1 aromatic carbocycles. The number of hydrogen-bond acceptors (Lipinski definition) is 2. The van der Waals surface area contributed by atoms with Crippen molar-refractivity contribution in [3.05, 3.63) is 58.9 Å². The number of aryl methyl sites for hydroxylation is 1. The normalized spacial score (nSPS) is 15.8. The molecule has 0 bridgehead atoms. The summed E-state index contributed by atoms with van der Waals surface area (Å²) in [6, 6.07) is 12.5. The molecule has 0 spiro atoms. The molecule has 4 heteroatoms. The number of carbonyl (C=O) groups excluding carboxylic acids is 1. The van der Waals surface area contributed by atoms with Crippen molar-refractivity contribution in [3.8, 4) is 0 Å². The third-order valence-corrected chi connectivity index (χ3v) is 5.19. The summed E-state index contributed by atoms with van der Waals surface area (Å²) >= 11 is 0. The number of likely N-dealkylation sites (tertiary alicyclic amines) is 1. The topological polar surface area (TPSA) is 37.3 Å². The predicted octanol–water partition coefficient (Wildman–Crippen LogP) is 3.64. The fourth-order valence-electron chi connectivity index (χ4n) is 3.43. The molecule has 0 saturated carbocycles. The van der Waals surface area contributed by atoms with E-state index in [0.717, 1.165) is 17.8 Å². The Balaban J connectivity index is 1.52. The van der Waals surface area contributed by atoms with Crippen molar-refractivity contribution in [2.75, 3.05) is 13.1 Å². The van der Waals surface area contributed by atoms with Crippen molar-refractivity contribution in [2.45, 2.75) is 45.7 Å². The smallest absolute Gasteiger partial charge is 0.268 e. The molecular formula is C21H29N3O. The highest BCUT2D eigenvalue weighted by Crippen LogP contribution is 2.14. The maximum absolute atomic E-state index is 12.3. The minimum atomic E-state index is -0.0238. The Morgan fingerprint density at radius 1 is 0.960 bits per heavy atom. The second-order valence-electron chi connectivity index (χ2n) is 7.11. The van der Waals surface area contributed by atoms with Crippen LogP contribution in [-0.4, -0.2) is 28.5 Å². The Kier molecular flexibility index (Phi) is 5.92. The van der Waals surface area contributed by atoms with Gasteiger partial charge in [0, 0.05) is 25.8 Å². The Bertz CT molecular complexity index is 694. The van der Waals surface area contributed by atoms with E-state index in [1.807, 2.05) is 30.7 Å². The van der Waals surface area contributed by atoms with Gasteiger partial charge in [0.2, 0.25) is 0 Å². The highest BCUT2D eigenvalue weighted by molar-refractivity contribution is 5.92. The number of benzene rings is 1. The molecule has 1 fully saturated rings. The Hall–Kier alpha value is -2.07. The number of nitrogens with zero attached hydrogens (tertiary/aromatic N) is 2. The van der Waals surface area contributed by atoms with Crippen LogP contribution in [-0.2, 0) is 20.1 Å². The zero-order chi connectivity index (χ0) is 17.6. The summed E-state index contributed by atoms with van der Waals surface area (Å²) in [5, 5.41) is 3.01. The first kappa shape index (κ1) is 17.7. The van der Waals surface area contributed by atoms with Gasteiger partial charge in [0.25, 0.3) is 5.91 Å². The third-order valence-electron chi connectivity index (χ3n) is 5.19. The van der Waals surface area contributed by atoms with Crippen LogP contribution in [0.25, 0.3) is 0 Å². The zero-order valence-electron chi connectivity index (χ0n) is 15.4. The van der Waals surface area contributed by atoms with Crippen molar-refractivity contribution in [1.29, 1.82) is 0 Å². The van der Waals surface area contributed by atoms with E-state index in [9.17, 15) is 4.79 Å². The van der Waals surface area contributed by atoms with Crippen LogP contribution in [0.2, 0.25) is 0 Å². The van der Waals surface area contributed by atoms with Gasteiger partial charge in [-0.25, -0.2) is 0 Å². The average molecular weight is 339 g/mol. The first-order valence-corrected chi connectivity index (χ1v) is 9.34. The molecule has 1 saturated heterocycles. The number of amides is 1. The molecule has 4 nitrogen and oxygen atoms in total. The quantitative estimate of drug-likeness (QED) is 0.903. The summed E-state index contributed by atoms with van der Waals surface area (Å²) in [5.74, 6) is -0.0238. The van der Waals surface area contributed by atoms with E-state index in [4.69, 9.17) is 0 Å². The molecule has 1 aromatic heterocycles. The highest BCUT2D eigenvalue weighted by atomic mass is 16.1. The Morgan fingerprint density at radius 2 is 1.60 bits per heavy atom. The molecule has 2 heterocycles. The van der Waals surface area contributed by atoms with Crippen LogP contribution in [0.1, 0.15) is 53.0 Å². The standard InChI is InChI=1S/C21H29N3O/c1-17-7-12-20(23(17)2)21(25)22-15-18-8-10-19(11-9-18)16-24-13-5-3-4-6-14-24/h7-12H,3-6,13-16H2,1-2H3,(H,22,25). The second kappa shape index (κ2) is 8.34. The highest BCUT2D eigenvalue weighted by Gasteiger charge is 2.11. The lowest BCUT2D eigenvalue weighted by Crippen LogP contribution is -2.25. The van der Waals surface area contributed by atoms with Gasteiger partial charge in [-0.1, -0.05) is 37.1 Å². The molecule has 134 valence electrons. The molecular weight excluding hydrogens is 310 g/mol. The van der Waals surface area contributed by atoms with Gasteiger partial charge in [-0.2, -0.15) is 0 Å². The molecule has 1 N–H and O–H groups in total. The minimum Gasteiger partial charge on any atom is -0.347 e. The monoisotopic (exact) mass is 339 g/mol. The maximum atomic E-state index is 12.3. The van der Waals surface area contributed by atoms with Crippen molar-refractivity contribution in [3.63, 3.8) is 0 Å². The largest absolute Gasteiger partial charge is 0.347 e. The molecule has 0 unspecified atom stereocenters. The van der Waals surface area contributed by atoms with Crippen molar-refractivity contribution >= 4 is 5.91 Å². The van der Waals surface area contributed by atoms with Crippen LogP contribution < -0.4 is 5.32 Å². The van der Waals surface area contributed by atoms with E-state index in [0.29, 0.717) is 12.2 Å². The van der Waals surface area contributed by atoms with Crippen LogP contribution in [0.15, 0.2) is 36.4 Å². The number of rotatable bonds is 5. The molecule has 2 aromatic rings. The van der Waals surface area contributed by atoms with E-state index >= 15 is 0 Å². The molecule has 1 aliphatic heterocycles. The van der Waals surface area contributed by atoms with Crippen molar-refractivity contribution in [1.82, 2.24) is 14.8 Å². The number of hydrogen-bond donors (Lipinski definition) is 1. The zero-order valence-corrected chi connectivity index (χ0v) is 15.4. The van der Waals surface area contributed by atoms with E-state index in [-0.39, 0.29) is 5.91 Å². The molecule has 1 amide bonds. The van der Waals surface area contributed by atoms with E-state index in [1.165, 1.54) is 44.3 Å². The first-order valence-electron chi connectivity index (χ1n) is 9.34. The van der Waals surface area contributed by atoms with Crippen molar-refractivity contribution in [2.24, 2.45) is 7.05 Å². The maximum Gasteiger partial charge on any atom is 0.268 e. The average Bonchev–Trinajstić information content (AvgIpc) is 2.81. The van der Waals surface area contributed by atoms with Gasteiger partial charge in [-0.3, -0.25) is 9.69 Å². The van der Waals surface area contributed by atoms with Gasteiger partial charge in [-0.15, -0.1) is 0 Å². The lowest BCUT2D eigenvalue weighted by molar-refractivity contribution is 0.0942. The summed E-state index contributed by atoms with van der Waals surface area (Å²) in [7, 11) is 1.92. The molecule has 3 rings (SSSR count). The van der Waals surface area contributed by atoms with E-state index in [1.54, 1.807) is 0 Å². The number of carbonyl (C=O) groups is 1. The van der Waals surface area contributed by atoms with Crippen LogP contribution in [0.3, 0.4) is 0 Å². The lowest BCUT2D eigenvalue weighted by atomic mass is 10.1. The molecule has 25 heavy (non-hydrogen) atoms. The van der Waals surface area contributed by atoms with Crippen molar-refractivity contribution < 1.29 is 4.79 Å². The summed E-state index contributed by atoms with van der Waals surface area (Å²) in [4.78, 5) is 14.8. The SMILES string of the molecule is Cc1ccc(C(=O)NCc2ccc(CN3CCCCCC3)cc2)n1C. The Labute approximate surface area is 150 Å². The third kappa shape index (κ3) is 4.73. The molecule has 1 aliphatic rings. The van der Waals surface area contributed by atoms with Crippen LogP contribution >= 0.6 is 0 Å². The molecule has 0 aliphatic carbocycles. The van der Waals surface area contributed by atoms with E-state index in [2.05, 4.69) is 34.5 Å². The fourth-order valence-corrected chi connectivity index (χ4v) is 3.43. The van der Waals surface area contributed by atoms with Crippen LogP contribution in [0.5, 0.6) is 0 Å². The van der Waals surface area contributed by atoms with Gasteiger partial charge in [-0.05, 0) is 56.1 Å². The number of aromatic nitrogens is 1. The summed E-state index contributed by atoms with van der Waals surface area (Å²) in [6.45, 7) is 6.03. The number of nitrogens with one attached hydrogen (secondary N) is 1. The lowest BCUT2D eigenvalue weighted by Gasteiger charge is -2.19. The van der Waals surface area contributed by atoms with Gasteiger partial charge in [0.05, 0.1) is 0 Å². The Morgan fingerprint density at radius 3 is 2.20 bits per heavy atom. The van der Waals surface area contributed by atoms with E-state index < -0.39 is 0 Å². The van der Waals surface area contributed by atoms with Gasteiger partial charge in [0.1, 0.15) is 5.69 Å². The van der Waals surface area contributed by atoms with Gasteiger partial charge in [0.15, 0.2) is 0 Å². The summed E-state index contributed by atoms with van der Waals surface area (Å²) in [5.41, 5.74) is 4.28. The van der Waals surface area contributed by atoms with Crippen LogP contribution in [0.4, 0.5) is 0 Å². The predicted molar refractivity (Wildman–Crippen MR) is 102 cm³/mol. The van der Waals surface area contributed by atoms with Crippen LogP contribution in [0, 0.1) is 6.92 Å². The minimum absolute atomic E-state index is 0.0238. The molecule has 0 radical (unpaired) electrons. The second-order valence-corrected chi connectivity index (χ2v) is 7.11. The first-order chi connectivity index (χ1) is 12.1. The molecule has 0 atom stereocenters. The summed E-state index contributed by atoms with van der Waals surface area (Å²) < 4.78 is 1.92. The summed E-state index contributed by atoms with van der Waals surface area (Å²) in [6.07, 6.45) is 5.39. The van der Waals surface area contributed by atoms with Gasteiger partial charge < -0.3 is 9.88 Å². The van der Waals surface area contributed by atoms with Gasteiger partial charge >= 0.3 is 0 Å².